The van der Waals surface area contributed by atoms with Crippen LogP contribution in [0.25, 0.3) is 0 Å². The van der Waals surface area contributed by atoms with Gasteiger partial charge >= 0.3 is 0 Å². The minimum Gasteiger partial charge on any atom is -0.454 e. The maximum absolute atomic E-state index is 12.0. The molecule has 2 amide bonds. The second kappa shape index (κ2) is 9.65. The number of nitrogens with zero attached hydrogens (tertiary/aromatic N) is 1. The van der Waals surface area contributed by atoms with E-state index in [-0.39, 0.29) is 18.4 Å². The number of rotatable bonds is 9. The Labute approximate surface area is 188 Å². The van der Waals surface area contributed by atoms with Gasteiger partial charge in [-0.25, -0.2) is 9.88 Å². The predicted molar refractivity (Wildman–Crippen MR) is 120 cm³/mol. The number of nitrogens with two attached hydrogens (primary N) is 1. The molecule has 0 saturated carbocycles. The van der Waals surface area contributed by atoms with Gasteiger partial charge in [0.2, 0.25) is 18.3 Å². The molecule has 10 heteroatoms. The Hall–Kier alpha value is -2.34. The summed E-state index contributed by atoms with van der Waals surface area (Å²) in [5.41, 5.74) is 6.78. The summed E-state index contributed by atoms with van der Waals surface area (Å²) in [6.07, 6.45) is 1.32. The van der Waals surface area contributed by atoms with Gasteiger partial charge < -0.3 is 20.5 Å². The highest BCUT2D eigenvalue weighted by Crippen LogP contribution is 2.36. The first-order chi connectivity index (χ1) is 14.3. The van der Waals surface area contributed by atoms with Gasteiger partial charge in [-0.15, -0.1) is 0 Å². The summed E-state index contributed by atoms with van der Waals surface area (Å²) < 4.78 is 13.9. The fraction of sp³-hybridized carbons (Fsp3) is 0.450. The third kappa shape index (κ3) is 5.22. The van der Waals surface area contributed by atoms with Gasteiger partial charge in [-0.2, -0.15) is 0 Å². The number of amides is 2. The number of hydrogen-bond donors (Lipinski definition) is 4. The molecule has 0 bridgehead atoms. The van der Waals surface area contributed by atoms with E-state index in [0.29, 0.717) is 30.6 Å². The average molecular weight is 528 g/mol. The molecule has 0 aliphatic carbocycles. The lowest BCUT2D eigenvalue weighted by Gasteiger charge is -2.10. The van der Waals surface area contributed by atoms with Crippen molar-refractivity contribution >= 4 is 40.2 Å². The van der Waals surface area contributed by atoms with E-state index >= 15 is 0 Å². The Kier molecular flexibility index (Phi) is 7.19. The quantitative estimate of drug-likeness (QED) is 0.224. The smallest absolute Gasteiger partial charge is 0.287 e. The van der Waals surface area contributed by atoms with Crippen LogP contribution in [0.3, 0.4) is 0 Å². The Balaban J connectivity index is 1.95. The first-order valence-corrected chi connectivity index (χ1v) is 10.9. The number of ether oxygens (including phenoxy) is 2. The van der Waals surface area contributed by atoms with Crippen LogP contribution in [0.5, 0.6) is 11.5 Å². The Bertz CT molecular complexity index is 957. The number of fused-ring (bicyclic) bond motifs is 1. The van der Waals surface area contributed by atoms with Crippen LogP contribution < -0.4 is 30.4 Å². The molecule has 9 nitrogen and oxygen atoms in total. The van der Waals surface area contributed by atoms with E-state index in [1.165, 1.54) is 6.92 Å². The molecule has 1 aliphatic heterocycles. The lowest BCUT2D eigenvalue weighted by Crippen LogP contribution is -2.42. The van der Waals surface area contributed by atoms with Crippen LogP contribution in [0.15, 0.2) is 12.1 Å². The summed E-state index contributed by atoms with van der Waals surface area (Å²) in [6.45, 7) is 7.20. The Morgan fingerprint density at radius 3 is 2.63 bits per heavy atom. The van der Waals surface area contributed by atoms with Crippen molar-refractivity contribution < 1.29 is 23.6 Å². The number of carbonyl (C=O) groups excluding carboxylic acids is 2. The van der Waals surface area contributed by atoms with Crippen LogP contribution in [0, 0.1) is 3.57 Å². The maximum atomic E-state index is 12.0. The van der Waals surface area contributed by atoms with Gasteiger partial charge in [-0.05, 0) is 53.3 Å². The van der Waals surface area contributed by atoms with E-state index in [4.69, 9.17) is 15.2 Å². The molecule has 0 fully saturated rings. The number of aromatic amines is 1. The normalized spacial score (nSPS) is 12.4. The van der Waals surface area contributed by atoms with Gasteiger partial charge in [0.1, 0.15) is 0 Å². The molecule has 0 atom stereocenters. The molecule has 2 aromatic rings. The highest BCUT2D eigenvalue weighted by Gasteiger charge is 2.29. The first kappa shape index (κ1) is 22.3. The van der Waals surface area contributed by atoms with Crippen LogP contribution in [0.2, 0.25) is 0 Å². The van der Waals surface area contributed by atoms with Crippen LogP contribution in [-0.2, 0) is 17.8 Å². The molecule has 0 unspecified atom stereocenters. The third-order valence-corrected chi connectivity index (χ3v) is 5.66. The van der Waals surface area contributed by atoms with E-state index < -0.39 is 5.91 Å². The fourth-order valence-electron chi connectivity index (χ4n) is 3.31. The predicted octanol–water partition coefficient (Wildman–Crippen LogP) is 1.67. The van der Waals surface area contributed by atoms with E-state index in [0.717, 1.165) is 33.7 Å². The molecule has 0 spiro atoms. The second-order valence-corrected chi connectivity index (χ2v) is 8.59. The average Bonchev–Trinajstić information content (AvgIpc) is 3.23. The van der Waals surface area contributed by atoms with Crippen LogP contribution >= 0.6 is 22.6 Å². The van der Waals surface area contributed by atoms with Crippen molar-refractivity contribution in [3.05, 3.63) is 32.8 Å². The minimum atomic E-state index is -0.626. The van der Waals surface area contributed by atoms with Gasteiger partial charge in [0.25, 0.3) is 17.6 Å². The molecule has 1 aromatic heterocycles. The van der Waals surface area contributed by atoms with E-state index in [1.54, 1.807) is 0 Å². The minimum absolute atomic E-state index is 0.188. The Morgan fingerprint density at radius 2 is 2.00 bits per heavy atom. The van der Waals surface area contributed by atoms with E-state index in [2.05, 4.69) is 52.1 Å². The maximum Gasteiger partial charge on any atom is 0.287 e. The SMILES string of the molecule is CC(=O)Nc1c(C(N)=O)[nH]c(Cc2cc3c(cc2I)OCO3)[n+]1CCCNC(C)C. The molecule has 30 heavy (non-hydrogen) atoms. The molecule has 2 heterocycles. The van der Waals surface area contributed by atoms with Crippen LogP contribution in [0.4, 0.5) is 5.82 Å². The van der Waals surface area contributed by atoms with E-state index in [1.807, 2.05) is 16.7 Å². The molecule has 3 rings (SSSR count). The number of anilines is 1. The van der Waals surface area contributed by atoms with Crippen molar-refractivity contribution in [1.29, 1.82) is 0 Å². The lowest BCUT2D eigenvalue weighted by molar-refractivity contribution is -0.689. The van der Waals surface area contributed by atoms with Gasteiger partial charge in [-0.3, -0.25) is 14.6 Å². The fourth-order valence-corrected chi connectivity index (χ4v) is 3.93. The number of halogens is 1. The number of primary amides is 1. The van der Waals surface area contributed by atoms with Crippen molar-refractivity contribution in [1.82, 2.24) is 10.3 Å². The van der Waals surface area contributed by atoms with Crippen LogP contribution in [0.1, 0.15) is 49.1 Å². The molecule has 0 radical (unpaired) electrons. The summed E-state index contributed by atoms with van der Waals surface area (Å²) in [6, 6.07) is 4.26. The standard InChI is InChI=1S/C20H26IN5O4/c1-11(2)23-5-4-6-26-17(25-18(19(22)28)20(26)24-12(3)27)8-13-7-15-16(9-14(13)21)30-10-29-15/h7,9,11,23H,4-6,8,10H2,1-3H3,(H3,22,24,27,28)/p+1. The van der Waals surface area contributed by atoms with Crippen molar-refractivity contribution in [2.45, 2.75) is 46.2 Å². The number of benzene rings is 1. The monoisotopic (exact) mass is 528 g/mol. The van der Waals surface area contributed by atoms with Gasteiger partial charge in [-0.1, -0.05) is 13.8 Å². The molecular formula is C20H27IN5O4+. The molecule has 162 valence electrons. The van der Waals surface area contributed by atoms with Crippen molar-refractivity contribution in [2.24, 2.45) is 5.73 Å². The second-order valence-electron chi connectivity index (χ2n) is 7.43. The molecule has 1 aromatic carbocycles. The summed E-state index contributed by atoms with van der Waals surface area (Å²) in [4.78, 5) is 26.9. The van der Waals surface area contributed by atoms with Gasteiger partial charge in [0, 0.05) is 16.5 Å². The van der Waals surface area contributed by atoms with Crippen molar-refractivity contribution in [3.8, 4) is 11.5 Å². The zero-order valence-corrected chi connectivity index (χ0v) is 19.5. The summed E-state index contributed by atoms with van der Waals surface area (Å²) in [7, 11) is 0. The highest BCUT2D eigenvalue weighted by atomic mass is 127. The third-order valence-electron chi connectivity index (χ3n) is 4.65. The number of imidazole rings is 1. The molecule has 0 saturated heterocycles. The topological polar surface area (TPSA) is 122 Å². The molecular weight excluding hydrogens is 501 g/mol. The number of carbonyl (C=O) groups is 2. The highest BCUT2D eigenvalue weighted by molar-refractivity contribution is 14.1. The molecule has 5 N–H and O–H groups in total. The zero-order chi connectivity index (χ0) is 21.8. The summed E-state index contributed by atoms with van der Waals surface area (Å²) in [5.74, 6) is 1.69. The van der Waals surface area contributed by atoms with Crippen LogP contribution in [-0.4, -0.2) is 36.2 Å². The van der Waals surface area contributed by atoms with E-state index in [9.17, 15) is 9.59 Å². The molecule has 1 aliphatic rings. The summed E-state index contributed by atoms with van der Waals surface area (Å²) in [5, 5.41) is 6.14. The number of hydrogen-bond acceptors (Lipinski definition) is 5. The largest absolute Gasteiger partial charge is 0.454 e. The zero-order valence-electron chi connectivity index (χ0n) is 17.3. The number of aromatic nitrogens is 2. The number of nitrogens with one attached hydrogen (secondary N) is 3. The first-order valence-electron chi connectivity index (χ1n) is 9.79. The van der Waals surface area contributed by atoms with Gasteiger partial charge in [0.05, 0.1) is 13.0 Å². The lowest BCUT2D eigenvalue weighted by atomic mass is 10.1. The van der Waals surface area contributed by atoms with Crippen molar-refractivity contribution in [2.75, 3.05) is 18.7 Å². The summed E-state index contributed by atoms with van der Waals surface area (Å²) >= 11 is 2.25. The number of H-pyrrole nitrogens is 1. The Morgan fingerprint density at radius 1 is 1.30 bits per heavy atom. The van der Waals surface area contributed by atoms with Gasteiger partial charge in [0.15, 0.2) is 11.5 Å². The van der Waals surface area contributed by atoms with Crippen molar-refractivity contribution in [3.63, 3.8) is 0 Å².